The van der Waals surface area contributed by atoms with Crippen molar-refractivity contribution in [2.24, 2.45) is 5.10 Å². The first-order chi connectivity index (χ1) is 12.8. The van der Waals surface area contributed by atoms with E-state index in [2.05, 4.69) is 30.7 Å². The lowest BCUT2D eigenvalue weighted by molar-refractivity contribution is 0.174. The van der Waals surface area contributed by atoms with Crippen molar-refractivity contribution in [3.8, 4) is 11.5 Å². The van der Waals surface area contributed by atoms with Gasteiger partial charge in [0.05, 0.1) is 11.7 Å². The molecule has 8 heteroatoms. The van der Waals surface area contributed by atoms with Crippen LogP contribution in [-0.4, -0.2) is 33.2 Å². The molecule has 4 aromatic rings. The van der Waals surface area contributed by atoms with Gasteiger partial charge in [-0.3, -0.25) is 0 Å². The van der Waals surface area contributed by atoms with Crippen molar-refractivity contribution in [3.05, 3.63) is 47.5 Å². The van der Waals surface area contributed by atoms with Crippen molar-refractivity contribution < 1.29 is 9.47 Å². The van der Waals surface area contributed by atoms with Gasteiger partial charge in [-0.1, -0.05) is 18.2 Å². The predicted molar refractivity (Wildman–Crippen MR) is 97.7 cm³/mol. The number of nitrogens with zero attached hydrogens (tertiary/aromatic N) is 4. The van der Waals surface area contributed by atoms with E-state index in [4.69, 9.17) is 9.47 Å². The first-order valence-electron chi connectivity index (χ1n) is 8.08. The Morgan fingerprint density at radius 2 is 2.08 bits per heavy atom. The third-order valence-electron chi connectivity index (χ3n) is 4.23. The Labute approximate surface area is 147 Å². The van der Waals surface area contributed by atoms with E-state index < -0.39 is 0 Å². The number of nitrogens with one attached hydrogen (secondary N) is 2. The highest BCUT2D eigenvalue weighted by Crippen LogP contribution is 2.32. The van der Waals surface area contributed by atoms with E-state index in [1.54, 1.807) is 6.21 Å². The molecule has 0 unspecified atom stereocenters. The molecule has 8 nitrogen and oxygen atoms in total. The summed E-state index contributed by atoms with van der Waals surface area (Å²) in [5.74, 6) is 1.77. The summed E-state index contributed by atoms with van der Waals surface area (Å²) in [4.78, 5) is 7.73. The van der Waals surface area contributed by atoms with Crippen LogP contribution >= 0.6 is 0 Å². The van der Waals surface area contributed by atoms with Crippen LogP contribution in [0.15, 0.2) is 41.5 Å². The number of hydrogen-bond donors (Lipinski definition) is 2. The minimum atomic E-state index is 0.248. The fourth-order valence-corrected chi connectivity index (χ4v) is 2.95. The lowest BCUT2D eigenvalue weighted by Gasteiger charge is -1.99. The second-order valence-electron chi connectivity index (χ2n) is 5.94. The SMILES string of the molecule is Cc1cccc2c1[nH]c1nc(NN=Cc3ccc4c(c3)OCO4)nnc12. The largest absolute Gasteiger partial charge is 0.454 e. The summed E-state index contributed by atoms with van der Waals surface area (Å²) in [5.41, 5.74) is 7.25. The Kier molecular flexibility index (Phi) is 3.21. The van der Waals surface area contributed by atoms with Crippen LogP contribution < -0.4 is 14.9 Å². The van der Waals surface area contributed by atoms with E-state index in [1.807, 2.05) is 43.3 Å². The molecule has 0 fully saturated rings. The second-order valence-corrected chi connectivity index (χ2v) is 5.94. The molecule has 1 aliphatic rings. The molecule has 0 spiro atoms. The van der Waals surface area contributed by atoms with Gasteiger partial charge < -0.3 is 14.5 Å². The van der Waals surface area contributed by atoms with E-state index in [9.17, 15) is 0 Å². The molecule has 1 aliphatic heterocycles. The van der Waals surface area contributed by atoms with Crippen molar-refractivity contribution in [1.29, 1.82) is 0 Å². The van der Waals surface area contributed by atoms with Gasteiger partial charge in [-0.05, 0) is 36.2 Å². The van der Waals surface area contributed by atoms with Crippen molar-refractivity contribution in [2.45, 2.75) is 6.92 Å². The number of H-pyrrole nitrogens is 1. The van der Waals surface area contributed by atoms with Gasteiger partial charge in [-0.25, -0.2) is 5.43 Å². The zero-order valence-electron chi connectivity index (χ0n) is 13.9. The lowest BCUT2D eigenvalue weighted by atomic mass is 10.1. The standard InChI is InChI=1S/C18H14N6O2/c1-10-3-2-4-12-15(10)20-17-16(12)22-24-18(21-17)23-19-8-11-5-6-13-14(7-11)26-9-25-13/h2-8H,9H2,1H3,(H2,20,21,23,24). The maximum atomic E-state index is 5.35. The van der Waals surface area contributed by atoms with Crippen LogP contribution in [0.25, 0.3) is 22.1 Å². The summed E-state index contributed by atoms with van der Waals surface area (Å²) < 4.78 is 10.6. The minimum absolute atomic E-state index is 0.248. The Balaban J connectivity index is 1.41. The van der Waals surface area contributed by atoms with E-state index in [1.165, 1.54) is 0 Å². The molecule has 2 aromatic heterocycles. The fraction of sp³-hybridized carbons (Fsp3) is 0.111. The number of rotatable bonds is 3. The maximum absolute atomic E-state index is 5.35. The first-order valence-corrected chi connectivity index (χ1v) is 8.08. The summed E-state index contributed by atoms with van der Waals surface area (Å²) in [5, 5.41) is 13.5. The van der Waals surface area contributed by atoms with Crippen molar-refractivity contribution in [2.75, 3.05) is 12.2 Å². The Bertz CT molecular complexity index is 1170. The molecule has 0 bridgehead atoms. The molecule has 2 aromatic carbocycles. The summed E-state index contributed by atoms with van der Waals surface area (Å²) in [6.07, 6.45) is 1.66. The summed E-state index contributed by atoms with van der Waals surface area (Å²) >= 11 is 0. The minimum Gasteiger partial charge on any atom is -0.454 e. The van der Waals surface area contributed by atoms with Crippen molar-refractivity contribution >= 4 is 34.2 Å². The molecule has 0 aliphatic carbocycles. The number of ether oxygens (including phenoxy) is 2. The average molecular weight is 346 g/mol. The number of hydrazone groups is 1. The predicted octanol–water partition coefficient (Wildman–Crippen LogP) is 2.99. The van der Waals surface area contributed by atoms with Crippen LogP contribution in [0.5, 0.6) is 11.5 Å². The highest BCUT2D eigenvalue weighted by molar-refractivity contribution is 6.04. The van der Waals surface area contributed by atoms with E-state index in [0.717, 1.165) is 33.3 Å². The lowest BCUT2D eigenvalue weighted by Crippen LogP contribution is -1.99. The quantitative estimate of drug-likeness (QED) is 0.437. The van der Waals surface area contributed by atoms with Crippen LogP contribution in [0.3, 0.4) is 0 Å². The highest BCUT2D eigenvalue weighted by Gasteiger charge is 2.12. The summed E-state index contributed by atoms with van der Waals surface area (Å²) in [7, 11) is 0. The van der Waals surface area contributed by atoms with Crippen molar-refractivity contribution in [3.63, 3.8) is 0 Å². The molecular formula is C18H14N6O2. The zero-order valence-corrected chi connectivity index (χ0v) is 13.9. The second kappa shape index (κ2) is 5.69. The Morgan fingerprint density at radius 1 is 1.15 bits per heavy atom. The Hall–Kier alpha value is -3.68. The number of aromatic nitrogens is 4. The van der Waals surface area contributed by atoms with Crippen LogP contribution in [0.2, 0.25) is 0 Å². The van der Waals surface area contributed by atoms with Gasteiger partial charge in [-0.15, -0.1) is 10.2 Å². The number of benzene rings is 2. The third kappa shape index (κ3) is 2.39. The number of aryl methyl sites for hydroxylation is 1. The first kappa shape index (κ1) is 14.6. The average Bonchev–Trinajstić information content (AvgIpc) is 3.26. The molecule has 0 radical (unpaired) electrons. The van der Waals surface area contributed by atoms with Gasteiger partial charge in [0.15, 0.2) is 17.1 Å². The Morgan fingerprint density at radius 3 is 3.04 bits per heavy atom. The van der Waals surface area contributed by atoms with Crippen LogP contribution in [0.4, 0.5) is 5.95 Å². The van der Waals surface area contributed by atoms with Gasteiger partial charge in [0.1, 0.15) is 5.52 Å². The molecular weight excluding hydrogens is 332 g/mol. The normalized spacial score (nSPS) is 13.1. The fourth-order valence-electron chi connectivity index (χ4n) is 2.95. The third-order valence-corrected chi connectivity index (χ3v) is 4.23. The van der Waals surface area contributed by atoms with E-state index >= 15 is 0 Å². The summed E-state index contributed by atoms with van der Waals surface area (Å²) in [6, 6.07) is 11.6. The molecule has 2 N–H and O–H groups in total. The smallest absolute Gasteiger partial charge is 0.265 e. The molecule has 3 heterocycles. The molecule has 128 valence electrons. The maximum Gasteiger partial charge on any atom is 0.265 e. The van der Waals surface area contributed by atoms with Crippen molar-refractivity contribution in [1.82, 2.24) is 20.2 Å². The molecule has 0 saturated heterocycles. The number of para-hydroxylation sites is 1. The molecule has 0 saturated carbocycles. The number of fused-ring (bicyclic) bond motifs is 4. The topological polar surface area (TPSA) is 97.3 Å². The highest BCUT2D eigenvalue weighted by atomic mass is 16.7. The zero-order chi connectivity index (χ0) is 17.5. The molecule has 0 atom stereocenters. The van der Waals surface area contributed by atoms with Gasteiger partial charge in [0.2, 0.25) is 6.79 Å². The van der Waals surface area contributed by atoms with E-state index in [0.29, 0.717) is 17.3 Å². The van der Waals surface area contributed by atoms with Gasteiger partial charge >= 0.3 is 0 Å². The van der Waals surface area contributed by atoms with E-state index in [-0.39, 0.29) is 6.79 Å². The molecule has 5 rings (SSSR count). The molecule has 26 heavy (non-hydrogen) atoms. The number of anilines is 1. The van der Waals surface area contributed by atoms with Crippen LogP contribution in [0, 0.1) is 6.92 Å². The van der Waals surface area contributed by atoms with Crippen LogP contribution in [-0.2, 0) is 0 Å². The van der Waals surface area contributed by atoms with Crippen LogP contribution in [0.1, 0.15) is 11.1 Å². The number of hydrogen-bond acceptors (Lipinski definition) is 7. The van der Waals surface area contributed by atoms with Gasteiger partial charge in [0, 0.05) is 5.39 Å². The molecule has 0 amide bonds. The summed E-state index contributed by atoms with van der Waals surface area (Å²) in [6.45, 7) is 2.29. The van der Waals surface area contributed by atoms with Gasteiger partial charge in [-0.2, -0.15) is 10.1 Å². The number of aromatic amines is 1. The van der Waals surface area contributed by atoms with Gasteiger partial charge in [0.25, 0.3) is 5.95 Å². The monoisotopic (exact) mass is 346 g/mol.